The Bertz CT molecular complexity index is 865. The van der Waals surface area contributed by atoms with Crippen molar-refractivity contribution >= 4 is 23.4 Å². The Balaban J connectivity index is 1.38. The summed E-state index contributed by atoms with van der Waals surface area (Å²) in [4.78, 5) is 40.2. The molecule has 1 saturated heterocycles. The highest BCUT2D eigenvalue weighted by molar-refractivity contribution is 6.01. The molecule has 0 spiro atoms. The molecule has 0 bridgehead atoms. The van der Waals surface area contributed by atoms with Gasteiger partial charge in [-0.2, -0.15) is 0 Å². The summed E-state index contributed by atoms with van der Waals surface area (Å²) in [5, 5.41) is 6.07. The second-order valence-electron chi connectivity index (χ2n) is 9.48. The largest absolute Gasteiger partial charge is 0.454 e. The number of carbonyl (C=O) groups is 3. The van der Waals surface area contributed by atoms with E-state index in [1.54, 1.807) is 23.1 Å². The van der Waals surface area contributed by atoms with Crippen LogP contribution >= 0.6 is 0 Å². The van der Waals surface area contributed by atoms with E-state index in [-0.39, 0.29) is 49.4 Å². The van der Waals surface area contributed by atoms with Crippen LogP contribution in [0.4, 0.5) is 5.69 Å². The molecule has 0 aromatic heterocycles. The summed E-state index contributed by atoms with van der Waals surface area (Å²) in [6, 6.07) is 4.94. The van der Waals surface area contributed by atoms with Crippen LogP contribution in [0.25, 0.3) is 0 Å². The fourth-order valence-corrected chi connectivity index (χ4v) is 4.73. The molecule has 3 aliphatic rings. The molecule has 1 aliphatic carbocycles. The van der Waals surface area contributed by atoms with E-state index < -0.39 is 12.0 Å². The van der Waals surface area contributed by atoms with Crippen LogP contribution in [0.2, 0.25) is 0 Å². The first-order valence-electron chi connectivity index (χ1n) is 11.7. The van der Waals surface area contributed by atoms with Gasteiger partial charge in [0.15, 0.2) is 11.5 Å². The maximum absolute atomic E-state index is 13.0. The molecule has 1 aromatic rings. The van der Waals surface area contributed by atoms with E-state index in [0.717, 1.165) is 25.7 Å². The van der Waals surface area contributed by atoms with Gasteiger partial charge < -0.3 is 25.0 Å². The van der Waals surface area contributed by atoms with Gasteiger partial charge in [-0.3, -0.25) is 14.4 Å². The van der Waals surface area contributed by atoms with E-state index in [1.807, 2.05) is 13.8 Å². The number of ether oxygens (including phenoxy) is 2. The summed E-state index contributed by atoms with van der Waals surface area (Å²) >= 11 is 0. The number of benzene rings is 1. The molecule has 8 heteroatoms. The third-order valence-corrected chi connectivity index (χ3v) is 6.46. The first-order valence-corrected chi connectivity index (χ1v) is 11.7. The second kappa shape index (κ2) is 9.79. The van der Waals surface area contributed by atoms with Gasteiger partial charge in [0.05, 0.1) is 5.92 Å². The van der Waals surface area contributed by atoms with Crippen molar-refractivity contribution in [3.63, 3.8) is 0 Å². The maximum atomic E-state index is 13.0. The summed E-state index contributed by atoms with van der Waals surface area (Å²) in [6.07, 6.45) is 6.16. The van der Waals surface area contributed by atoms with Crippen molar-refractivity contribution < 1.29 is 23.9 Å². The van der Waals surface area contributed by atoms with Gasteiger partial charge in [-0.05, 0) is 37.3 Å². The monoisotopic (exact) mass is 443 g/mol. The lowest BCUT2D eigenvalue weighted by Gasteiger charge is -2.27. The van der Waals surface area contributed by atoms with Crippen LogP contribution < -0.4 is 25.0 Å². The predicted molar refractivity (Wildman–Crippen MR) is 119 cm³/mol. The zero-order chi connectivity index (χ0) is 22.7. The summed E-state index contributed by atoms with van der Waals surface area (Å²) in [6.45, 7) is 4.52. The van der Waals surface area contributed by atoms with Crippen molar-refractivity contribution in [2.24, 2.45) is 11.8 Å². The molecule has 2 heterocycles. The SMILES string of the molecule is CC(C)C[C@H](NC(=O)C1CC(=O)N(c2ccc3c(c2)OCO3)C1)C(=O)NC1CCCCC1. The van der Waals surface area contributed by atoms with Crippen molar-refractivity contribution in [2.75, 3.05) is 18.2 Å². The van der Waals surface area contributed by atoms with Gasteiger partial charge in [0, 0.05) is 30.8 Å². The van der Waals surface area contributed by atoms with Crippen LogP contribution in [-0.4, -0.2) is 43.1 Å². The van der Waals surface area contributed by atoms with Crippen molar-refractivity contribution in [3.05, 3.63) is 18.2 Å². The normalized spacial score (nSPS) is 21.7. The first-order chi connectivity index (χ1) is 15.4. The van der Waals surface area contributed by atoms with Gasteiger partial charge >= 0.3 is 0 Å². The number of amides is 3. The molecular formula is C24H33N3O5. The van der Waals surface area contributed by atoms with Gasteiger partial charge in [-0.1, -0.05) is 33.1 Å². The molecule has 1 unspecified atom stereocenters. The molecule has 2 fully saturated rings. The first kappa shape index (κ1) is 22.4. The third-order valence-electron chi connectivity index (χ3n) is 6.46. The molecule has 174 valence electrons. The van der Waals surface area contributed by atoms with Crippen LogP contribution in [0.15, 0.2) is 18.2 Å². The molecule has 1 aromatic carbocycles. The zero-order valence-electron chi connectivity index (χ0n) is 18.9. The van der Waals surface area contributed by atoms with Crippen molar-refractivity contribution in [3.8, 4) is 11.5 Å². The van der Waals surface area contributed by atoms with Gasteiger partial charge in [-0.25, -0.2) is 0 Å². The molecular weight excluding hydrogens is 410 g/mol. The molecule has 2 atom stereocenters. The Kier molecular flexibility index (Phi) is 6.86. The number of hydrogen-bond acceptors (Lipinski definition) is 5. The van der Waals surface area contributed by atoms with Crippen molar-refractivity contribution in [1.82, 2.24) is 10.6 Å². The summed E-state index contributed by atoms with van der Waals surface area (Å²) in [5.74, 6) is 0.533. The third kappa shape index (κ3) is 5.16. The lowest BCUT2D eigenvalue weighted by molar-refractivity contribution is -0.132. The molecule has 32 heavy (non-hydrogen) atoms. The minimum absolute atomic E-state index is 0.115. The summed E-state index contributed by atoms with van der Waals surface area (Å²) < 4.78 is 10.7. The highest BCUT2D eigenvalue weighted by atomic mass is 16.7. The molecule has 1 saturated carbocycles. The standard InChI is InChI=1S/C24H33N3O5/c1-15(2)10-19(24(30)25-17-6-4-3-5-7-17)26-23(29)16-11-22(28)27(13-16)18-8-9-20-21(12-18)32-14-31-20/h8-9,12,15-17,19H,3-7,10-11,13-14H2,1-2H3,(H,25,30)(H,26,29)/t16?,19-/m0/s1. The lowest BCUT2D eigenvalue weighted by Crippen LogP contribution is -2.51. The van der Waals surface area contributed by atoms with E-state index in [2.05, 4.69) is 10.6 Å². The van der Waals surface area contributed by atoms with E-state index in [1.165, 1.54) is 6.42 Å². The maximum Gasteiger partial charge on any atom is 0.242 e. The minimum Gasteiger partial charge on any atom is -0.454 e. The fourth-order valence-electron chi connectivity index (χ4n) is 4.73. The van der Waals surface area contributed by atoms with Crippen LogP contribution in [0.1, 0.15) is 58.8 Å². The molecule has 0 radical (unpaired) electrons. The Morgan fingerprint density at radius 3 is 2.62 bits per heavy atom. The van der Waals surface area contributed by atoms with Gasteiger partial charge in [0.2, 0.25) is 24.5 Å². The Morgan fingerprint density at radius 1 is 1.12 bits per heavy atom. The lowest BCUT2D eigenvalue weighted by atomic mass is 9.94. The fraction of sp³-hybridized carbons (Fsp3) is 0.625. The number of rotatable bonds is 7. The number of nitrogens with zero attached hydrogens (tertiary/aromatic N) is 1. The van der Waals surface area contributed by atoms with Crippen molar-refractivity contribution in [2.45, 2.75) is 70.9 Å². The van der Waals surface area contributed by atoms with E-state index in [4.69, 9.17) is 9.47 Å². The second-order valence-corrected chi connectivity index (χ2v) is 9.48. The van der Waals surface area contributed by atoms with Crippen LogP contribution in [0.5, 0.6) is 11.5 Å². The van der Waals surface area contributed by atoms with Gasteiger partial charge in [-0.15, -0.1) is 0 Å². The highest BCUT2D eigenvalue weighted by Gasteiger charge is 2.37. The molecule has 8 nitrogen and oxygen atoms in total. The summed E-state index contributed by atoms with van der Waals surface area (Å²) in [7, 11) is 0. The quantitative estimate of drug-likeness (QED) is 0.675. The minimum atomic E-state index is -0.584. The van der Waals surface area contributed by atoms with Crippen LogP contribution in [0, 0.1) is 11.8 Å². The number of hydrogen-bond donors (Lipinski definition) is 2. The molecule has 3 amide bonds. The smallest absolute Gasteiger partial charge is 0.242 e. The Labute approximate surface area is 189 Å². The van der Waals surface area contributed by atoms with E-state index >= 15 is 0 Å². The molecule has 2 aliphatic heterocycles. The number of anilines is 1. The molecule has 4 rings (SSSR count). The Hall–Kier alpha value is -2.77. The van der Waals surface area contributed by atoms with E-state index in [0.29, 0.717) is 23.6 Å². The zero-order valence-corrected chi connectivity index (χ0v) is 18.9. The topological polar surface area (TPSA) is 97.0 Å². The van der Waals surface area contributed by atoms with Crippen LogP contribution in [0.3, 0.4) is 0 Å². The van der Waals surface area contributed by atoms with Crippen molar-refractivity contribution in [1.29, 1.82) is 0 Å². The highest BCUT2D eigenvalue weighted by Crippen LogP contribution is 2.37. The van der Waals surface area contributed by atoms with Crippen LogP contribution in [-0.2, 0) is 14.4 Å². The molecule has 2 N–H and O–H groups in total. The number of nitrogens with one attached hydrogen (secondary N) is 2. The number of carbonyl (C=O) groups excluding carboxylic acids is 3. The van der Waals surface area contributed by atoms with Gasteiger partial charge in [0.25, 0.3) is 0 Å². The number of fused-ring (bicyclic) bond motifs is 1. The Morgan fingerprint density at radius 2 is 1.88 bits per heavy atom. The average Bonchev–Trinajstić information content (AvgIpc) is 3.39. The summed E-state index contributed by atoms with van der Waals surface area (Å²) in [5.41, 5.74) is 0.684. The average molecular weight is 444 g/mol. The van der Waals surface area contributed by atoms with E-state index in [9.17, 15) is 14.4 Å². The predicted octanol–water partition coefficient (Wildman–Crippen LogP) is 2.75. The van der Waals surface area contributed by atoms with Gasteiger partial charge in [0.1, 0.15) is 6.04 Å².